The first-order valence-electron chi connectivity index (χ1n) is 11.8. The maximum atomic E-state index is 13.0. The van der Waals surface area contributed by atoms with E-state index in [0.717, 1.165) is 44.3 Å². The zero-order valence-electron chi connectivity index (χ0n) is 18.9. The molecule has 0 spiro atoms. The zero-order chi connectivity index (χ0) is 22.3. The highest BCUT2D eigenvalue weighted by atomic mass is 19.4. The molecule has 0 radical (unpaired) electrons. The molecular formula is C27H36F3N. The molecule has 0 N–H and O–H groups in total. The number of benzene rings is 2. The molecule has 2 aromatic rings. The highest BCUT2D eigenvalue weighted by Gasteiger charge is 2.44. The van der Waals surface area contributed by atoms with Gasteiger partial charge in [-0.05, 0) is 81.0 Å². The number of hydrogen-bond acceptors (Lipinski definition) is 1. The number of rotatable bonds is 10. The summed E-state index contributed by atoms with van der Waals surface area (Å²) >= 11 is 0. The lowest BCUT2D eigenvalue weighted by molar-refractivity contribution is -0.172. The van der Waals surface area contributed by atoms with E-state index >= 15 is 0 Å². The predicted molar refractivity (Wildman–Crippen MR) is 122 cm³/mol. The summed E-state index contributed by atoms with van der Waals surface area (Å²) in [6, 6.07) is 19.5. The lowest BCUT2D eigenvalue weighted by Crippen LogP contribution is -2.35. The third-order valence-corrected chi connectivity index (χ3v) is 6.86. The molecule has 2 aromatic carbocycles. The van der Waals surface area contributed by atoms with Crippen molar-refractivity contribution in [1.29, 1.82) is 0 Å². The molecule has 0 amide bonds. The van der Waals surface area contributed by atoms with Gasteiger partial charge in [0.15, 0.2) is 0 Å². The Hall–Kier alpha value is -1.81. The first-order chi connectivity index (χ1) is 14.9. The van der Waals surface area contributed by atoms with Gasteiger partial charge in [-0.25, -0.2) is 0 Å². The van der Waals surface area contributed by atoms with E-state index in [-0.39, 0.29) is 18.8 Å². The highest BCUT2D eigenvalue weighted by molar-refractivity contribution is 5.26. The molecule has 1 nitrogen and oxygen atoms in total. The largest absolute Gasteiger partial charge is 0.391 e. The van der Waals surface area contributed by atoms with Crippen molar-refractivity contribution in [2.75, 3.05) is 13.1 Å². The molecule has 4 heteroatoms. The zero-order valence-corrected chi connectivity index (χ0v) is 18.9. The van der Waals surface area contributed by atoms with Crippen molar-refractivity contribution < 1.29 is 13.2 Å². The van der Waals surface area contributed by atoms with E-state index in [2.05, 4.69) is 73.3 Å². The Kier molecular flexibility index (Phi) is 8.59. The van der Waals surface area contributed by atoms with Crippen LogP contribution in [0.5, 0.6) is 0 Å². The average Bonchev–Trinajstić information content (AvgIpc) is 3.27. The van der Waals surface area contributed by atoms with Crippen LogP contribution in [0.2, 0.25) is 0 Å². The molecule has 170 valence electrons. The molecule has 3 atom stereocenters. The Bertz CT molecular complexity index is 769. The van der Waals surface area contributed by atoms with E-state index in [1.807, 2.05) is 0 Å². The van der Waals surface area contributed by atoms with E-state index in [4.69, 9.17) is 0 Å². The van der Waals surface area contributed by atoms with Gasteiger partial charge in [0.1, 0.15) is 0 Å². The van der Waals surface area contributed by atoms with Gasteiger partial charge in [0.2, 0.25) is 0 Å². The molecule has 31 heavy (non-hydrogen) atoms. The Morgan fingerprint density at radius 3 is 2.19 bits per heavy atom. The molecule has 0 heterocycles. The Labute approximate surface area is 185 Å². The van der Waals surface area contributed by atoms with Gasteiger partial charge in [-0.2, -0.15) is 13.2 Å². The normalized spacial score (nSPS) is 20.3. The lowest BCUT2D eigenvalue weighted by Gasteiger charge is -2.29. The van der Waals surface area contributed by atoms with Crippen LogP contribution < -0.4 is 0 Å². The summed E-state index contributed by atoms with van der Waals surface area (Å²) in [7, 11) is 0. The molecule has 0 aliphatic heterocycles. The van der Waals surface area contributed by atoms with Crippen LogP contribution in [0.3, 0.4) is 0 Å². The highest BCUT2D eigenvalue weighted by Crippen LogP contribution is 2.45. The fraction of sp³-hybridized carbons (Fsp3) is 0.556. The number of alkyl halides is 3. The van der Waals surface area contributed by atoms with Crippen LogP contribution in [-0.4, -0.2) is 30.2 Å². The van der Waals surface area contributed by atoms with Crippen molar-refractivity contribution in [3.05, 3.63) is 71.3 Å². The molecular weight excluding hydrogens is 395 g/mol. The van der Waals surface area contributed by atoms with Crippen LogP contribution in [0.4, 0.5) is 13.2 Å². The van der Waals surface area contributed by atoms with Gasteiger partial charge in [-0.3, -0.25) is 0 Å². The molecule has 1 aliphatic rings. The molecule has 1 fully saturated rings. The molecule has 0 saturated heterocycles. The SMILES string of the molecule is CCCN(CCc1ccccc1)C(C)CCc1ccc(C2CCC(C(F)(F)F)C2)cc1. The van der Waals surface area contributed by atoms with Crippen molar-refractivity contribution in [1.82, 2.24) is 4.90 Å². The van der Waals surface area contributed by atoms with Crippen LogP contribution in [0.1, 0.15) is 68.6 Å². The van der Waals surface area contributed by atoms with Crippen molar-refractivity contribution >= 4 is 0 Å². The molecule has 1 saturated carbocycles. The van der Waals surface area contributed by atoms with Gasteiger partial charge in [0.25, 0.3) is 0 Å². The first kappa shape index (κ1) is 23.8. The summed E-state index contributed by atoms with van der Waals surface area (Å²) in [5.74, 6) is -1.07. The summed E-state index contributed by atoms with van der Waals surface area (Å²) in [5, 5.41) is 0. The standard InChI is InChI=1S/C27H36F3N/c1-3-18-31(19-17-22-7-5-4-6-8-22)21(2)9-10-23-11-13-24(14-12-23)25-15-16-26(20-25)27(28,29)30/h4-8,11-14,21,25-26H,3,9-10,15-20H2,1-2H3. The molecule has 0 aromatic heterocycles. The summed E-state index contributed by atoms with van der Waals surface area (Å²) in [6.07, 6.45) is 1.42. The second-order valence-corrected chi connectivity index (χ2v) is 9.15. The number of halogens is 3. The third kappa shape index (κ3) is 7.10. The quantitative estimate of drug-likeness (QED) is 0.379. The second-order valence-electron chi connectivity index (χ2n) is 9.15. The van der Waals surface area contributed by atoms with Gasteiger partial charge < -0.3 is 4.90 Å². The third-order valence-electron chi connectivity index (χ3n) is 6.86. The van der Waals surface area contributed by atoms with Crippen LogP contribution in [0.25, 0.3) is 0 Å². The minimum atomic E-state index is -4.05. The maximum absolute atomic E-state index is 13.0. The van der Waals surface area contributed by atoms with E-state index < -0.39 is 12.1 Å². The summed E-state index contributed by atoms with van der Waals surface area (Å²) in [5.41, 5.74) is 3.73. The van der Waals surface area contributed by atoms with Crippen LogP contribution >= 0.6 is 0 Å². The van der Waals surface area contributed by atoms with Crippen LogP contribution in [0, 0.1) is 5.92 Å². The Morgan fingerprint density at radius 2 is 1.58 bits per heavy atom. The smallest absolute Gasteiger partial charge is 0.300 e. The minimum Gasteiger partial charge on any atom is -0.300 e. The monoisotopic (exact) mass is 431 g/mol. The lowest BCUT2D eigenvalue weighted by atomic mass is 9.94. The van der Waals surface area contributed by atoms with E-state index in [9.17, 15) is 13.2 Å². The topological polar surface area (TPSA) is 3.24 Å². The van der Waals surface area contributed by atoms with E-state index in [1.54, 1.807) is 0 Å². The summed E-state index contributed by atoms with van der Waals surface area (Å²) in [4.78, 5) is 2.58. The average molecular weight is 432 g/mol. The first-order valence-corrected chi connectivity index (χ1v) is 11.8. The van der Waals surface area contributed by atoms with Gasteiger partial charge in [0, 0.05) is 12.6 Å². The molecule has 0 bridgehead atoms. The second kappa shape index (κ2) is 11.2. The molecule has 3 rings (SSSR count). The van der Waals surface area contributed by atoms with Crippen molar-refractivity contribution in [2.24, 2.45) is 5.92 Å². The van der Waals surface area contributed by atoms with E-state index in [0.29, 0.717) is 12.5 Å². The van der Waals surface area contributed by atoms with Crippen molar-refractivity contribution in [2.45, 2.75) is 76.9 Å². The number of hydrogen-bond donors (Lipinski definition) is 0. The van der Waals surface area contributed by atoms with Crippen LogP contribution in [0.15, 0.2) is 54.6 Å². The Morgan fingerprint density at radius 1 is 0.903 bits per heavy atom. The van der Waals surface area contributed by atoms with Gasteiger partial charge >= 0.3 is 6.18 Å². The van der Waals surface area contributed by atoms with Gasteiger partial charge in [0.05, 0.1) is 5.92 Å². The fourth-order valence-electron chi connectivity index (χ4n) is 4.85. The number of aryl methyl sites for hydroxylation is 1. The van der Waals surface area contributed by atoms with Crippen molar-refractivity contribution in [3.63, 3.8) is 0 Å². The maximum Gasteiger partial charge on any atom is 0.391 e. The number of nitrogens with zero attached hydrogens (tertiary/aromatic N) is 1. The predicted octanol–water partition coefficient (Wildman–Crippen LogP) is 7.41. The fourth-order valence-corrected chi connectivity index (χ4v) is 4.85. The van der Waals surface area contributed by atoms with Crippen LogP contribution in [-0.2, 0) is 12.8 Å². The Balaban J connectivity index is 1.49. The molecule has 3 unspecified atom stereocenters. The minimum absolute atomic E-state index is 0.0534. The van der Waals surface area contributed by atoms with Gasteiger partial charge in [-0.15, -0.1) is 0 Å². The molecule has 1 aliphatic carbocycles. The van der Waals surface area contributed by atoms with E-state index in [1.165, 1.54) is 11.1 Å². The van der Waals surface area contributed by atoms with Gasteiger partial charge in [-0.1, -0.05) is 61.5 Å². The van der Waals surface area contributed by atoms with Crippen molar-refractivity contribution in [3.8, 4) is 0 Å². The summed E-state index contributed by atoms with van der Waals surface area (Å²) < 4.78 is 38.9. The summed E-state index contributed by atoms with van der Waals surface area (Å²) in [6.45, 7) is 6.72.